The average molecular weight is 361 g/mol. The van der Waals surface area contributed by atoms with Crippen LogP contribution >= 0.6 is 0 Å². The van der Waals surface area contributed by atoms with Gasteiger partial charge in [-0.15, -0.1) is 0 Å². The first kappa shape index (κ1) is 18.7. The first-order valence-corrected chi connectivity index (χ1v) is 9.22. The Morgan fingerprint density at radius 3 is 2.88 bits per heavy atom. The number of carbonyl (C=O) groups is 1. The highest BCUT2D eigenvalue weighted by molar-refractivity contribution is 5.76. The number of nitrogens with zero attached hydrogens (tertiary/aromatic N) is 2. The number of fused-ring (bicyclic) bond motifs is 1. The van der Waals surface area contributed by atoms with E-state index in [1.165, 1.54) is 0 Å². The minimum atomic E-state index is -0.528. The average Bonchev–Trinajstić information content (AvgIpc) is 2.90. The summed E-state index contributed by atoms with van der Waals surface area (Å²) in [6, 6.07) is 7.10. The minimum Gasteiger partial charge on any atom is -0.408 e. The van der Waals surface area contributed by atoms with Crippen molar-refractivity contribution >= 4 is 17.0 Å². The van der Waals surface area contributed by atoms with Crippen molar-refractivity contribution in [1.82, 2.24) is 14.8 Å². The molecule has 0 bridgehead atoms. The fraction of sp³-hybridized carbons (Fsp3) is 0.579. The van der Waals surface area contributed by atoms with E-state index in [2.05, 4.69) is 10.2 Å². The molecule has 7 nitrogen and oxygen atoms in total. The number of oxazole rings is 1. The Bertz CT molecular complexity index is 810. The van der Waals surface area contributed by atoms with E-state index < -0.39 is 6.10 Å². The molecule has 0 spiro atoms. The van der Waals surface area contributed by atoms with Crippen molar-refractivity contribution in [2.45, 2.75) is 45.4 Å². The van der Waals surface area contributed by atoms with Crippen LogP contribution in [0.1, 0.15) is 26.7 Å². The van der Waals surface area contributed by atoms with Crippen LogP contribution in [0.15, 0.2) is 33.5 Å². The van der Waals surface area contributed by atoms with Gasteiger partial charge in [0.1, 0.15) is 0 Å². The first-order valence-electron chi connectivity index (χ1n) is 9.22. The number of benzene rings is 1. The number of aromatic nitrogens is 1. The number of aliphatic hydroxyl groups is 1. The monoisotopic (exact) mass is 361 g/mol. The third-order valence-corrected chi connectivity index (χ3v) is 4.81. The maximum Gasteiger partial charge on any atom is 0.419 e. The molecule has 0 saturated carbocycles. The summed E-state index contributed by atoms with van der Waals surface area (Å²) in [4.78, 5) is 26.2. The number of hydrogen-bond acceptors (Lipinski definition) is 5. The van der Waals surface area contributed by atoms with E-state index in [0.29, 0.717) is 38.1 Å². The lowest BCUT2D eigenvalue weighted by Gasteiger charge is -2.36. The molecule has 1 saturated heterocycles. The van der Waals surface area contributed by atoms with Crippen LogP contribution in [0.5, 0.6) is 0 Å². The van der Waals surface area contributed by atoms with Crippen molar-refractivity contribution in [3.05, 3.63) is 34.8 Å². The van der Waals surface area contributed by atoms with Crippen molar-refractivity contribution in [3.63, 3.8) is 0 Å². The van der Waals surface area contributed by atoms with Gasteiger partial charge in [-0.25, -0.2) is 4.79 Å². The number of likely N-dealkylation sites (tertiary alicyclic amines) is 1. The van der Waals surface area contributed by atoms with Crippen LogP contribution in [0.4, 0.5) is 0 Å². The highest BCUT2D eigenvalue weighted by Crippen LogP contribution is 2.14. The van der Waals surface area contributed by atoms with Crippen molar-refractivity contribution in [1.29, 1.82) is 0 Å². The fourth-order valence-electron chi connectivity index (χ4n) is 3.46. The maximum absolute atomic E-state index is 12.1. The van der Waals surface area contributed by atoms with Crippen LogP contribution in [0.2, 0.25) is 0 Å². The van der Waals surface area contributed by atoms with E-state index in [0.717, 1.165) is 12.1 Å². The molecule has 1 aliphatic heterocycles. The third kappa shape index (κ3) is 4.34. The SMILES string of the molecule is CC(C)CC(=O)N[C@@H]1CN(CCn2c(=O)oc3ccccc32)CC[C@@H]1O. The van der Waals surface area contributed by atoms with Crippen LogP contribution in [0, 0.1) is 5.92 Å². The topological polar surface area (TPSA) is 87.7 Å². The molecule has 1 aliphatic rings. The second-order valence-electron chi connectivity index (χ2n) is 7.42. The summed E-state index contributed by atoms with van der Waals surface area (Å²) < 4.78 is 6.89. The molecular formula is C19H27N3O4. The molecule has 7 heteroatoms. The van der Waals surface area contributed by atoms with Gasteiger partial charge in [0.25, 0.3) is 0 Å². The number of carbonyl (C=O) groups excluding carboxylic acids is 1. The van der Waals surface area contributed by atoms with E-state index in [-0.39, 0.29) is 23.6 Å². The van der Waals surface area contributed by atoms with E-state index >= 15 is 0 Å². The van der Waals surface area contributed by atoms with Gasteiger partial charge in [-0.3, -0.25) is 14.3 Å². The molecule has 0 unspecified atom stereocenters. The molecule has 0 aliphatic carbocycles. The van der Waals surface area contributed by atoms with Gasteiger partial charge in [0.15, 0.2) is 5.58 Å². The fourth-order valence-corrected chi connectivity index (χ4v) is 3.46. The Hall–Kier alpha value is -2.12. The standard InChI is InChI=1S/C19H27N3O4/c1-13(2)11-18(24)20-14-12-21(8-7-16(14)23)9-10-22-15-5-3-4-6-17(15)26-19(22)25/h3-6,13-14,16,23H,7-12H2,1-2H3,(H,20,24)/t14-,16+/m1/s1. The minimum absolute atomic E-state index is 0.0250. The molecule has 2 N–H and O–H groups in total. The smallest absolute Gasteiger partial charge is 0.408 e. The number of hydrogen-bond donors (Lipinski definition) is 2. The maximum atomic E-state index is 12.1. The van der Waals surface area contributed by atoms with E-state index in [1.54, 1.807) is 10.6 Å². The normalized spacial score (nSPS) is 21.4. The molecule has 2 heterocycles. The summed E-state index contributed by atoms with van der Waals surface area (Å²) in [5.74, 6) is -0.0962. The number of piperidine rings is 1. The number of nitrogens with one attached hydrogen (secondary N) is 1. The molecule has 1 aromatic carbocycles. The van der Waals surface area contributed by atoms with Crippen molar-refractivity contribution in [2.24, 2.45) is 5.92 Å². The van der Waals surface area contributed by atoms with Crippen LogP contribution in [-0.4, -0.2) is 52.3 Å². The molecule has 1 fully saturated rings. The van der Waals surface area contributed by atoms with Crippen LogP contribution in [0.3, 0.4) is 0 Å². The van der Waals surface area contributed by atoms with Crippen molar-refractivity contribution < 1.29 is 14.3 Å². The number of aliphatic hydroxyl groups excluding tert-OH is 1. The quantitative estimate of drug-likeness (QED) is 0.807. The lowest BCUT2D eigenvalue weighted by Crippen LogP contribution is -2.55. The summed E-state index contributed by atoms with van der Waals surface area (Å²) in [6.45, 7) is 6.48. The summed E-state index contributed by atoms with van der Waals surface area (Å²) in [5, 5.41) is 13.1. The Kier molecular flexibility index (Phi) is 5.78. The van der Waals surface area contributed by atoms with Gasteiger partial charge in [0.05, 0.1) is 17.7 Å². The molecule has 26 heavy (non-hydrogen) atoms. The molecular weight excluding hydrogens is 334 g/mol. The Morgan fingerprint density at radius 1 is 1.35 bits per heavy atom. The number of rotatable bonds is 6. The first-order chi connectivity index (χ1) is 12.4. The van der Waals surface area contributed by atoms with Crippen molar-refractivity contribution in [2.75, 3.05) is 19.6 Å². The third-order valence-electron chi connectivity index (χ3n) is 4.81. The molecule has 2 atom stereocenters. The van der Waals surface area contributed by atoms with Gasteiger partial charge < -0.3 is 14.8 Å². The van der Waals surface area contributed by atoms with Gasteiger partial charge in [0.2, 0.25) is 5.91 Å². The largest absolute Gasteiger partial charge is 0.419 e. The van der Waals surface area contributed by atoms with Crippen LogP contribution in [-0.2, 0) is 11.3 Å². The molecule has 1 amide bonds. The molecule has 0 radical (unpaired) electrons. The Morgan fingerprint density at radius 2 is 2.12 bits per heavy atom. The summed E-state index contributed by atoms with van der Waals surface area (Å²) in [6.07, 6.45) is 0.535. The number of para-hydroxylation sites is 2. The zero-order valence-corrected chi connectivity index (χ0v) is 15.4. The zero-order chi connectivity index (χ0) is 18.7. The number of amides is 1. The van der Waals surface area contributed by atoms with Crippen LogP contribution < -0.4 is 11.1 Å². The summed E-state index contributed by atoms with van der Waals surface area (Å²) in [7, 11) is 0. The van der Waals surface area contributed by atoms with Gasteiger partial charge in [0, 0.05) is 32.6 Å². The predicted octanol–water partition coefficient (Wildman–Crippen LogP) is 1.19. The van der Waals surface area contributed by atoms with Gasteiger partial charge >= 0.3 is 5.76 Å². The molecule has 2 aromatic rings. The molecule has 1 aromatic heterocycles. The Labute approximate surface area is 152 Å². The Balaban J connectivity index is 1.60. The molecule has 142 valence electrons. The summed E-state index contributed by atoms with van der Waals surface area (Å²) >= 11 is 0. The molecule has 3 rings (SSSR count). The second kappa shape index (κ2) is 8.05. The lowest BCUT2D eigenvalue weighted by molar-refractivity contribution is -0.124. The second-order valence-corrected chi connectivity index (χ2v) is 7.42. The van der Waals surface area contributed by atoms with E-state index in [1.807, 2.05) is 32.0 Å². The lowest BCUT2D eigenvalue weighted by atomic mass is 10.0. The van der Waals surface area contributed by atoms with Gasteiger partial charge in [-0.05, 0) is 24.5 Å². The summed E-state index contributed by atoms with van der Waals surface area (Å²) in [5.41, 5.74) is 1.38. The predicted molar refractivity (Wildman–Crippen MR) is 98.9 cm³/mol. The van der Waals surface area contributed by atoms with Crippen molar-refractivity contribution in [3.8, 4) is 0 Å². The highest BCUT2D eigenvalue weighted by Gasteiger charge is 2.29. The zero-order valence-electron chi connectivity index (χ0n) is 15.4. The van der Waals surface area contributed by atoms with Gasteiger partial charge in [-0.2, -0.15) is 0 Å². The highest BCUT2D eigenvalue weighted by atomic mass is 16.4. The van der Waals surface area contributed by atoms with E-state index in [9.17, 15) is 14.7 Å². The van der Waals surface area contributed by atoms with Crippen LogP contribution in [0.25, 0.3) is 11.1 Å². The van der Waals surface area contributed by atoms with Gasteiger partial charge in [-0.1, -0.05) is 26.0 Å². The van der Waals surface area contributed by atoms with E-state index in [4.69, 9.17) is 4.42 Å².